The zero-order valence-electron chi connectivity index (χ0n) is 15.1. The van der Waals surface area contributed by atoms with E-state index in [9.17, 15) is 18.0 Å². The number of aromatic nitrogens is 3. The molecular weight excluding hydrogens is 373 g/mol. The van der Waals surface area contributed by atoms with Crippen LogP contribution in [0.3, 0.4) is 0 Å². The highest BCUT2D eigenvalue weighted by Crippen LogP contribution is 2.29. The zero-order valence-corrected chi connectivity index (χ0v) is 15.1. The maximum Gasteiger partial charge on any atom is 0.417 e. The Kier molecular flexibility index (Phi) is 5.34. The van der Waals surface area contributed by atoms with Crippen LogP contribution in [0.1, 0.15) is 28.5 Å². The van der Waals surface area contributed by atoms with E-state index in [2.05, 4.69) is 15.4 Å². The van der Waals surface area contributed by atoms with E-state index >= 15 is 0 Å². The Morgan fingerprint density at radius 2 is 1.93 bits per heavy atom. The molecule has 3 aromatic rings. The van der Waals surface area contributed by atoms with E-state index in [1.807, 2.05) is 6.92 Å². The van der Waals surface area contributed by atoms with Gasteiger partial charge in [-0.05, 0) is 38.1 Å². The summed E-state index contributed by atoms with van der Waals surface area (Å²) in [7, 11) is 0. The first-order valence-electron chi connectivity index (χ1n) is 8.42. The van der Waals surface area contributed by atoms with Gasteiger partial charge >= 0.3 is 6.18 Å². The summed E-state index contributed by atoms with van der Waals surface area (Å²) >= 11 is 0. The van der Waals surface area contributed by atoms with Crippen LogP contribution in [-0.2, 0) is 6.18 Å². The van der Waals surface area contributed by atoms with Gasteiger partial charge in [0, 0.05) is 6.20 Å². The SMILES string of the molecule is CCOc1ccccc1NC(=O)c1cnn(-c2ccc(C(F)(F)F)cn2)c1C. The lowest BCUT2D eigenvalue weighted by atomic mass is 10.2. The number of pyridine rings is 1. The summed E-state index contributed by atoms with van der Waals surface area (Å²) in [5.41, 5.74) is 0.368. The van der Waals surface area contributed by atoms with Gasteiger partial charge in [-0.2, -0.15) is 18.3 Å². The molecular formula is C19H17F3N4O2. The number of para-hydroxylation sites is 2. The molecule has 0 fully saturated rings. The predicted molar refractivity (Wildman–Crippen MR) is 96.7 cm³/mol. The number of hydrogen-bond donors (Lipinski definition) is 1. The van der Waals surface area contributed by atoms with Gasteiger partial charge < -0.3 is 10.1 Å². The summed E-state index contributed by atoms with van der Waals surface area (Å²) in [5, 5.41) is 6.84. The molecule has 0 unspecified atom stereocenters. The van der Waals surface area contributed by atoms with E-state index in [0.717, 1.165) is 12.3 Å². The maximum atomic E-state index is 12.7. The normalized spacial score (nSPS) is 11.3. The van der Waals surface area contributed by atoms with Crippen molar-refractivity contribution in [2.45, 2.75) is 20.0 Å². The molecule has 0 atom stereocenters. The molecule has 1 amide bonds. The van der Waals surface area contributed by atoms with Crippen LogP contribution >= 0.6 is 0 Å². The van der Waals surface area contributed by atoms with Gasteiger partial charge in [0.2, 0.25) is 0 Å². The van der Waals surface area contributed by atoms with Crippen molar-refractivity contribution < 1.29 is 22.7 Å². The van der Waals surface area contributed by atoms with E-state index < -0.39 is 17.6 Å². The van der Waals surface area contributed by atoms with Crippen molar-refractivity contribution in [1.29, 1.82) is 0 Å². The fourth-order valence-corrected chi connectivity index (χ4v) is 2.58. The lowest BCUT2D eigenvalue weighted by Crippen LogP contribution is -2.14. The van der Waals surface area contributed by atoms with E-state index in [0.29, 0.717) is 23.7 Å². The van der Waals surface area contributed by atoms with Crippen LogP contribution in [0.15, 0.2) is 48.8 Å². The number of amides is 1. The fourth-order valence-electron chi connectivity index (χ4n) is 2.58. The summed E-state index contributed by atoms with van der Waals surface area (Å²) < 4.78 is 44.8. The van der Waals surface area contributed by atoms with Gasteiger partial charge in [0.1, 0.15) is 5.75 Å². The summed E-state index contributed by atoms with van der Waals surface area (Å²) in [6, 6.07) is 9.12. The number of carbonyl (C=O) groups excluding carboxylic acids is 1. The quantitative estimate of drug-likeness (QED) is 0.707. The van der Waals surface area contributed by atoms with Crippen molar-refractivity contribution in [2.24, 2.45) is 0 Å². The van der Waals surface area contributed by atoms with Crippen LogP contribution in [0.5, 0.6) is 5.75 Å². The molecule has 3 rings (SSSR count). The molecule has 0 aliphatic carbocycles. The Balaban J connectivity index is 1.84. The minimum absolute atomic E-state index is 0.180. The average Bonchev–Trinajstić information content (AvgIpc) is 3.04. The first-order chi connectivity index (χ1) is 13.3. The van der Waals surface area contributed by atoms with Crippen LogP contribution in [0.4, 0.5) is 18.9 Å². The average molecular weight is 390 g/mol. The van der Waals surface area contributed by atoms with Crippen molar-refractivity contribution in [3.05, 3.63) is 65.6 Å². The molecule has 0 saturated heterocycles. The number of benzene rings is 1. The lowest BCUT2D eigenvalue weighted by Gasteiger charge is -2.11. The number of carbonyl (C=O) groups is 1. The smallest absolute Gasteiger partial charge is 0.417 e. The second-order valence-electron chi connectivity index (χ2n) is 5.84. The third-order valence-corrected chi connectivity index (χ3v) is 3.98. The van der Waals surface area contributed by atoms with Crippen LogP contribution < -0.4 is 10.1 Å². The topological polar surface area (TPSA) is 69.0 Å². The Hall–Kier alpha value is -3.36. The maximum absolute atomic E-state index is 12.7. The minimum Gasteiger partial charge on any atom is -0.492 e. The summed E-state index contributed by atoms with van der Waals surface area (Å²) in [6.07, 6.45) is -2.40. The van der Waals surface area contributed by atoms with Crippen molar-refractivity contribution in [2.75, 3.05) is 11.9 Å². The van der Waals surface area contributed by atoms with Gasteiger partial charge in [0.25, 0.3) is 5.91 Å². The Bertz CT molecular complexity index is 982. The molecule has 0 spiro atoms. The van der Waals surface area contributed by atoms with Gasteiger partial charge in [-0.1, -0.05) is 12.1 Å². The first-order valence-corrected chi connectivity index (χ1v) is 8.42. The summed E-state index contributed by atoms with van der Waals surface area (Å²) in [4.78, 5) is 16.4. The van der Waals surface area contributed by atoms with Gasteiger partial charge in [-0.3, -0.25) is 4.79 Å². The van der Waals surface area contributed by atoms with Crippen molar-refractivity contribution >= 4 is 11.6 Å². The zero-order chi connectivity index (χ0) is 20.3. The number of anilines is 1. The fraction of sp³-hybridized carbons (Fsp3) is 0.211. The lowest BCUT2D eigenvalue weighted by molar-refractivity contribution is -0.137. The second kappa shape index (κ2) is 7.71. The molecule has 0 bridgehead atoms. The van der Waals surface area contributed by atoms with Crippen LogP contribution in [-0.4, -0.2) is 27.3 Å². The Morgan fingerprint density at radius 1 is 1.18 bits per heavy atom. The molecule has 9 heteroatoms. The molecule has 6 nitrogen and oxygen atoms in total. The molecule has 28 heavy (non-hydrogen) atoms. The molecule has 0 aliphatic rings. The molecule has 0 aliphatic heterocycles. The number of nitrogens with one attached hydrogen (secondary N) is 1. The summed E-state index contributed by atoms with van der Waals surface area (Å²) in [5.74, 6) is 0.301. The van der Waals surface area contributed by atoms with Crippen molar-refractivity contribution in [3.8, 4) is 11.6 Å². The molecule has 146 valence electrons. The van der Waals surface area contributed by atoms with Gasteiger partial charge in [0.15, 0.2) is 5.82 Å². The first kappa shape index (κ1) is 19.4. The minimum atomic E-state index is -4.47. The highest BCUT2D eigenvalue weighted by atomic mass is 19.4. The van der Waals surface area contributed by atoms with E-state index in [1.165, 1.54) is 16.9 Å². The van der Waals surface area contributed by atoms with E-state index in [1.54, 1.807) is 31.2 Å². The molecule has 2 aromatic heterocycles. The molecule has 2 heterocycles. The van der Waals surface area contributed by atoms with Crippen LogP contribution in [0, 0.1) is 6.92 Å². The van der Waals surface area contributed by atoms with Gasteiger partial charge in [0.05, 0.1) is 35.3 Å². The van der Waals surface area contributed by atoms with E-state index in [-0.39, 0.29) is 11.4 Å². The van der Waals surface area contributed by atoms with Crippen LogP contribution in [0.2, 0.25) is 0 Å². The molecule has 1 aromatic carbocycles. The highest BCUT2D eigenvalue weighted by molar-refractivity contribution is 6.05. The Morgan fingerprint density at radius 3 is 2.57 bits per heavy atom. The number of hydrogen-bond acceptors (Lipinski definition) is 4. The second-order valence-corrected chi connectivity index (χ2v) is 5.84. The van der Waals surface area contributed by atoms with Gasteiger partial charge in [-0.25, -0.2) is 9.67 Å². The van der Waals surface area contributed by atoms with Crippen molar-refractivity contribution in [1.82, 2.24) is 14.8 Å². The highest BCUT2D eigenvalue weighted by Gasteiger charge is 2.30. The molecule has 0 saturated carbocycles. The Labute approximate surface area is 159 Å². The van der Waals surface area contributed by atoms with E-state index in [4.69, 9.17) is 4.74 Å². The third kappa shape index (κ3) is 3.98. The van der Waals surface area contributed by atoms with Crippen molar-refractivity contribution in [3.63, 3.8) is 0 Å². The van der Waals surface area contributed by atoms with Gasteiger partial charge in [-0.15, -0.1) is 0 Å². The standard InChI is InChI=1S/C19H17F3N4O2/c1-3-28-16-7-5-4-6-15(16)25-18(27)14-11-24-26(12(14)2)17-9-8-13(10-23-17)19(20,21)22/h4-11H,3H2,1-2H3,(H,25,27). The summed E-state index contributed by atoms with van der Waals surface area (Å²) in [6.45, 7) is 3.92. The third-order valence-electron chi connectivity index (χ3n) is 3.98. The number of ether oxygens (including phenoxy) is 1. The van der Waals surface area contributed by atoms with Crippen LogP contribution in [0.25, 0.3) is 5.82 Å². The predicted octanol–water partition coefficient (Wildman–Crippen LogP) is 4.25. The molecule has 1 N–H and O–H groups in total. The number of halogens is 3. The molecule has 0 radical (unpaired) electrons. The largest absolute Gasteiger partial charge is 0.492 e. The monoisotopic (exact) mass is 390 g/mol. The number of rotatable bonds is 5. The number of alkyl halides is 3. The number of nitrogens with zero attached hydrogens (tertiary/aromatic N) is 3.